The van der Waals surface area contributed by atoms with Gasteiger partial charge in [-0.3, -0.25) is 0 Å². The molecular weight excluding hydrogens is 1590 g/mol. The summed E-state index contributed by atoms with van der Waals surface area (Å²) in [6, 6.07) is 156. The van der Waals surface area contributed by atoms with Crippen molar-refractivity contribution in [2.24, 2.45) is 0 Å². The molecule has 0 spiro atoms. The molecule has 0 bridgehead atoms. The van der Waals surface area contributed by atoms with Crippen molar-refractivity contribution >= 4 is 188 Å². The summed E-state index contributed by atoms with van der Waals surface area (Å²) in [7, 11) is 3.41. The van der Waals surface area contributed by atoms with Crippen molar-refractivity contribution in [3.63, 3.8) is 0 Å². The van der Waals surface area contributed by atoms with E-state index in [1.54, 1.807) is 14.2 Å². The van der Waals surface area contributed by atoms with Crippen LogP contribution in [-0.2, 0) is 5.41 Å². The summed E-state index contributed by atoms with van der Waals surface area (Å²) in [5.41, 5.74) is 27.0. The number of hydrogen-bond acceptors (Lipinski definition) is 9. The molecule has 0 N–H and O–H groups in total. The molecule has 0 unspecified atom stereocenters. The SMILES string of the molecule is CC1(C)c2ccccc2-c2cc(N(c3ccccc3)c3ccc(-c4cc5c(oc6c7ccccc7c7ccccc7c56)c5ccccc45)cc3N(c3ccccc3)c3ccccc3)ccc21.COc1cccc(N(c2cccc(OC)c2)c2cc(-c3ccc4oc5c(ccc6ccc7ccccc7c65)c4c3)ccc2N(c2ccccc2)c2ccc3oc4ccccc4c3c2)c1. The number of fused-ring (bicyclic) bond motifs is 23. The van der Waals surface area contributed by atoms with Crippen LogP contribution in [0.4, 0.5) is 68.2 Å². The lowest BCUT2D eigenvalue weighted by Gasteiger charge is -2.34. The Morgan fingerprint density at radius 3 is 1.28 bits per heavy atom. The maximum Gasteiger partial charge on any atom is 0.143 e. The number of para-hydroxylation sites is 5. The second-order valence-corrected chi connectivity index (χ2v) is 34.1. The third-order valence-corrected chi connectivity index (χ3v) is 26.4. The van der Waals surface area contributed by atoms with Gasteiger partial charge in [0.25, 0.3) is 0 Å². The van der Waals surface area contributed by atoms with Gasteiger partial charge in [0.1, 0.15) is 45.0 Å². The first-order valence-corrected chi connectivity index (χ1v) is 44.2. The Hall–Kier alpha value is -16.9. The molecule has 130 heavy (non-hydrogen) atoms. The van der Waals surface area contributed by atoms with E-state index in [2.05, 4.69) is 434 Å². The molecule has 0 saturated heterocycles. The Kier molecular flexibility index (Phi) is 18.5. The highest BCUT2D eigenvalue weighted by atomic mass is 16.5. The lowest BCUT2D eigenvalue weighted by Crippen LogP contribution is -2.18. The fourth-order valence-electron chi connectivity index (χ4n) is 20.3. The summed E-state index contributed by atoms with van der Waals surface area (Å²) in [6.45, 7) is 4.69. The van der Waals surface area contributed by atoms with E-state index in [1.807, 2.05) is 36.4 Å². The molecule has 0 aliphatic heterocycles. The molecular formula is C121H84N4O5. The van der Waals surface area contributed by atoms with E-state index < -0.39 is 0 Å². The van der Waals surface area contributed by atoms with Crippen molar-refractivity contribution in [1.82, 2.24) is 0 Å². The van der Waals surface area contributed by atoms with E-state index in [0.717, 1.165) is 195 Å². The van der Waals surface area contributed by atoms with Crippen LogP contribution in [0.3, 0.4) is 0 Å². The highest BCUT2D eigenvalue weighted by Gasteiger charge is 2.37. The molecule has 1 aliphatic rings. The molecule has 3 aromatic heterocycles. The predicted molar refractivity (Wildman–Crippen MR) is 543 cm³/mol. The molecule has 0 radical (unpaired) electrons. The van der Waals surface area contributed by atoms with Crippen LogP contribution in [0.5, 0.6) is 11.5 Å². The molecule has 1 aliphatic carbocycles. The van der Waals surface area contributed by atoms with Gasteiger partial charge in [0, 0.05) is 112 Å². The number of nitrogens with zero attached hydrogens (tertiary/aromatic N) is 4. The summed E-state index contributed by atoms with van der Waals surface area (Å²) >= 11 is 0. The second kappa shape index (κ2) is 31.4. The van der Waals surface area contributed by atoms with Gasteiger partial charge in [-0.1, -0.05) is 281 Å². The first kappa shape index (κ1) is 76.7. The Bertz CT molecular complexity index is 8510. The van der Waals surface area contributed by atoms with Crippen LogP contribution in [0.25, 0.3) is 153 Å². The Morgan fingerprint density at radius 2 is 0.631 bits per heavy atom. The van der Waals surface area contributed by atoms with Crippen LogP contribution in [0.1, 0.15) is 25.0 Å². The average molecular weight is 1670 g/mol. The summed E-state index contributed by atoms with van der Waals surface area (Å²) in [5.74, 6) is 1.50. The fourth-order valence-corrected chi connectivity index (χ4v) is 20.3. The maximum absolute atomic E-state index is 7.06. The molecule has 3 heterocycles. The monoisotopic (exact) mass is 1670 g/mol. The van der Waals surface area contributed by atoms with Gasteiger partial charge in [0.2, 0.25) is 0 Å². The van der Waals surface area contributed by atoms with E-state index in [9.17, 15) is 0 Å². The molecule has 0 saturated carbocycles. The lowest BCUT2D eigenvalue weighted by atomic mass is 9.82. The Morgan fingerprint density at radius 1 is 0.208 bits per heavy atom. The second-order valence-electron chi connectivity index (χ2n) is 34.1. The summed E-state index contributed by atoms with van der Waals surface area (Å²) in [5, 5.41) is 18.2. The molecule has 21 aromatic carbocycles. The van der Waals surface area contributed by atoms with Crippen LogP contribution < -0.4 is 29.1 Å². The van der Waals surface area contributed by atoms with Crippen molar-refractivity contribution in [3.8, 4) is 44.9 Å². The molecule has 9 heteroatoms. The van der Waals surface area contributed by atoms with Gasteiger partial charge >= 0.3 is 0 Å². The van der Waals surface area contributed by atoms with Crippen LogP contribution in [-0.4, -0.2) is 14.2 Å². The zero-order chi connectivity index (χ0) is 86.7. The van der Waals surface area contributed by atoms with Crippen LogP contribution in [0, 0.1) is 0 Å². The van der Waals surface area contributed by atoms with E-state index in [-0.39, 0.29) is 5.41 Å². The average Bonchev–Trinajstić information content (AvgIpc) is 1.55. The van der Waals surface area contributed by atoms with Crippen LogP contribution in [0.15, 0.2) is 450 Å². The number of anilines is 12. The molecule has 0 atom stereocenters. The minimum Gasteiger partial charge on any atom is -0.497 e. The smallest absolute Gasteiger partial charge is 0.143 e. The van der Waals surface area contributed by atoms with Crippen molar-refractivity contribution in [2.75, 3.05) is 33.8 Å². The molecule has 618 valence electrons. The molecule has 0 fully saturated rings. The highest BCUT2D eigenvalue weighted by Crippen LogP contribution is 2.56. The van der Waals surface area contributed by atoms with Crippen molar-refractivity contribution in [3.05, 3.63) is 448 Å². The van der Waals surface area contributed by atoms with E-state index in [0.29, 0.717) is 0 Å². The van der Waals surface area contributed by atoms with E-state index in [1.165, 1.54) is 49.2 Å². The number of hydrogen-bond donors (Lipinski definition) is 0. The number of ether oxygens (including phenoxy) is 2. The predicted octanol–water partition coefficient (Wildman–Crippen LogP) is 34.4. The normalized spacial score (nSPS) is 12.2. The highest BCUT2D eigenvalue weighted by molar-refractivity contribution is 6.33. The summed E-state index contributed by atoms with van der Waals surface area (Å²) < 4.78 is 31.8. The third kappa shape index (κ3) is 12.8. The molecule has 24 aromatic rings. The van der Waals surface area contributed by atoms with Gasteiger partial charge in [-0.15, -0.1) is 0 Å². The molecule has 0 amide bonds. The van der Waals surface area contributed by atoms with Gasteiger partial charge in [-0.05, 0) is 240 Å². The Balaban J connectivity index is 0.000000144. The summed E-state index contributed by atoms with van der Waals surface area (Å²) in [6.07, 6.45) is 0. The quantitative estimate of drug-likeness (QED) is 0.0880. The topological polar surface area (TPSA) is 70.8 Å². The van der Waals surface area contributed by atoms with Gasteiger partial charge in [-0.25, -0.2) is 0 Å². The number of benzene rings is 21. The minimum atomic E-state index is -0.101. The van der Waals surface area contributed by atoms with E-state index >= 15 is 0 Å². The first-order valence-electron chi connectivity index (χ1n) is 44.2. The maximum atomic E-state index is 7.06. The van der Waals surface area contributed by atoms with Crippen molar-refractivity contribution in [1.29, 1.82) is 0 Å². The standard InChI is InChI=1S/C63H44N2O.C58H40N2O4/c1-63(2)56-33-19-18-29-49(56)54-39-45(35-36-57(54)63)65(44-24-10-5-11-25-44)58-37-34-41(38-59(58)64(42-20-6-3-7-21-42)43-22-8-4-9-23-43)53-40-55-60-50-30-15-12-26-46(50)47-27-13-17-32-52(47)62(60)66-61(55)51-31-16-14-28-48(51)53;1-61-45-17-10-15-42(34-45)60(43-16-11-18-46(35-43)62-2)53-33-40(39-26-30-56-50(32-39)49-28-24-38-23-22-37-12-6-7-19-47(37)57(38)58(49)64-56)25-29-52(53)59(41-13-4-3-5-14-41)44-27-31-55-51(36-44)48-20-8-9-21-54(48)63-55/h3-40H,1-2H3;3-36H,1-2H3. The van der Waals surface area contributed by atoms with Gasteiger partial charge < -0.3 is 42.3 Å². The van der Waals surface area contributed by atoms with Crippen molar-refractivity contribution in [2.45, 2.75) is 19.3 Å². The van der Waals surface area contributed by atoms with Crippen molar-refractivity contribution < 1.29 is 22.7 Å². The van der Waals surface area contributed by atoms with Gasteiger partial charge in [-0.2, -0.15) is 0 Å². The number of furan rings is 3. The number of methoxy groups -OCH3 is 2. The van der Waals surface area contributed by atoms with E-state index in [4.69, 9.17) is 22.7 Å². The zero-order valence-electron chi connectivity index (χ0n) is 71.9. The van der Waals surface area contributed by atoms with Crippen LogP contribution in [0.2, 0.25) is 0 Å². The first-order chi connectivity index (χ1) is 64.1. The zero-order valence-corrected chi connectivity index (χ0v) is 71.9. The number of rotatable bonds is 16. The fraction of sp³-hybridized carbons (Fsp3) is 0.0413. The largest absolute Gasteiger partial charge is 0.497 e. The van der Waals surface area contributed by atoms with Gasteiger partial charge in [0.15, 0.2) is 0 Å². The van der Waals surface area contributed by atoms with Gasteiger partial charge in [0.05, 0.1) is 37.0 Å². The minimum absolute atomic E-state index is 0.101. The van der Waals surface area contributed by atoms with Crippen LogP contribution >= 0.6 is 0 Å². The molecule has 9 nitrogen and oxygen atoms in total. The lowest BCUT2D eigenvalue weighted by molar-refractivity contribution is 0.414. The molecule has 25 rings (SSSR count). The third-order valence-electron chi connectivity index (χ3n) is 26.4. The summed E-state index contributed by atoms with van der Waals surface area (Å²) in [4.78, 5) is 9.47. The Labute approximate surface area is 751 Å².